The van der Waals surface area contributed by atoms with Crippen LogP contribution in [-0.2, 0) is 19.1 Å². The zero-order valence-corrected chi connectivity index (χ0v) is 11.4. The first-order valence-electron chi connectivity index (χ1n) is 5.95. The normalized spacial score (nSPS) is 13.7. The molecule has 1 aliphatic heterocycles. The number of rotatable bonds is 2. The van der Waals surface area contributed by atoms with Crippen molar-refractivity contribution in [1.82, 2.24) is 0 Å². The van der Waals surface area contributed by atoms with Gasteiger partial charge in [0.25, 0.3) is 0 Å². The monoisotopic (exact) mass is 274 g/mol. The van der Waals surface area contributed by atoms with Gasteiger partial charge in [-0.2, -0.15) is 0 Å². The van der Waals surface area contributed by atoms with Gasteiger partial charge in [-0.3, -0.25) is 0 Å². The Hall–Kier alpha value is -2.56. The molecule has 0 N–H and O–H groups in total. The number of ether oxygens (including phenoxy) is 3. The number of hydrogen-bond donors (Lipinski definition) is 0. The highest BCUT2D eigenvalue weighted by Gasteiger charge is 2.27. The Bertz CT molecular complexity index is 625. The average Bonchev–Trinajstić information content (AvgIpc) is 2.61. The Morgan fingerprint density at radius 1 is 1.05 bits per heavy atom. The van der Waals surface area contributed by atoms with E-state index < -0.39 is 11.9 Å². The third-order valence-corrected chi connectivity index (χ3v) is 2.84. The SMILES string of the molecule is COC(=O)C1=C(C(=O)OC)c2ccccc2OC(C)=C1. The predicted molar refractivity (Wildman–Crippen MR) is 71.8 cm³/mol. The number of fused-ring (bicyclic) bond motifs is 1. The molecule has 20 heavy (non-hydrogen) atoms. The highest BCUT2D eigenvalue weighted by atomic mass is 16.5. The van der Waals surface area contributed by atoms with E-state index in [2.05, 4.69) is 0 Å². The van der Waals surface area contributed by atoms with Crippen LogP contribution in [-0.4, -0.2) is 26.2 Å². The van der Waals surface area contributed by atoms with Crippen molar-refractivity contribution in [3.8, 4) is 5.75 Å². The molecule has 0 aromatic heterocycles. The molecule has 0 bridgehead atoms. The summed E-state index contributed by atoms with van der Waals surface area (Å²) in [4.78, 5) is 24.0. The number of methoxy groups -OCH3 is 2. The van der Waals surface area contributed by atoms with Gasteiger partial charge in [0, 0.05) is 5.56 Å². The zero-order chi connectivity index (χ0) is 14.7. The average molecular weight is 274 g/mol. The maximum absolute atomic E-state index is 12.0. The largest absolute Gasteiger partial charge is 0.465 e. The molecule has 1 aromatic rings. The quantitative estimate of drug-likeness (QED) is 0.773. The lowest BCUT2D eigenvalue weighted by molar-refractivity contribution is -0.137. The smallest absolute Gasteiger partial charge is 0.339 e. The van der Waals surface area contributed by atoms with E-state index in [0.717, 1.165) is 0 Å². The molecule has 0 saturated heterocycles. The van der Waals surface area contributed by atoms with Crippen LogP contribution in [0.3, 0.4) is 0 Å². The minimum absolute atomic E-state index is 0.113. The van der Waals surface area contributed by atoms with Crippen molar-refractivity contribution in [2.24, 2.45) is 0 Å². The Kier molecular flexibility index (Phi) is 3.89. The Morgan fingerprint density at radius 2 is 1.70 bits per heavy atom. The molecule has 104 valence electrons. The Balaban J connectivity index is 2.77. The summed E-state index contributed by atoms with van der Waals surface area (Å²) in [7, 11) is 2.51. The van der Waals surface area contributed by atoms with Crippen LogP contribution in [0.5, 0.6) is 5.75 Å². The van der Waals surface area contributed by atoms with Gasteiger partial charge >= 0.3 is 11.9 Å². The first kappa shape index (κ1) is 13.9. The van der Waals surface area contributed by atoms with Crippen molar-refractivity contribution in [3.63, 3.8) is 0 Å². The van der Waals surface area contributed by atoms with Crippen LogP contribution in [0.15, 0.2) is 41.7 Å². The minimum Gasteiger partial charge on any atom is -0.465 e. The maximum atomic E-state index is 12.0. The Morgan fingerprint density at radius 3 is 2.35 bits per heavy atom. The van der Waals surface area contributed by atoms with Gasteiger partial charge in [-0.1, -0.05) is 18.2 Å². The number of carbonyl (C=O) groups is 2. The molecule has 0 amide bonds. The minimum atomic E-state index is -0.620. The highest BCUT2D eigenvalue weighted by Crippen LogP contribution is 2.34. The molecule has 0 aliphatic carbocycles. The summed E-state index contributed by atoms with van der Waals surface area (Å²) in [6, 6.07) is 6.94. The third kappa shape index (κ3) is 2.42. The molecular weight excluding hydrogens is 260 g/mol. The lowest BCUT2D eigenvalue weighted by Gasteiger charge is -2.10. The second kappa shape index (κ2) is 5.61. The van der Waals surface area contributed by atoms with Crippen molar-refractivity contribution in [2.45, 2.75) is 6.92 Å². The molecule has 0 saturated carbocycles. The summed E-state index contributed by atoms with van der Waals surface area (Å²) in [5, 5.41) is 0. The number of allylic oxidation sites excluding steroid dienone is 1. The molecule has 1 heterocycles. The van der Waals surface area contributed by atoms with Gasteiger partial charge in [-0.25, -0.2) is 9.59 Å². The number of para-hydroxylation sites is 1. The van der Waals surface area contributed by atoms with E-state index in [9.17, 15) is 9.59 Å². The lowest BCUT2D eigenvalue weighted by atomic mass is 9.99. The molecule has 1 aromatic carbocycles. The van der Waals surface area contributed by atoms with Crippen LogP contribution in [0, 0.1) is 0 Å². The van der Waals surface area contributed by atoms with Gasteiger partial charge in [0.1, 0.15) is 11.5 Å². The Labute approximate surface area is 116 Å². The van der Waals surface area contributed by atoms with Gasteiger partial charge < -0.3 is 14.2 Å². The topological polar surface area (TPSA) is 61.8 Å². The first-order valence-corrected chi connectivity index (χ1v) is 5.95. The van der Waals surface area contributed by atoms with E-state index in [1.165, 1.54) is 20.3 Å². The third-order valence-electron chi connectivity index (χ3n) is 2.84. The second-order valence-electron chi connectivity index (χ2n) is 4.13. The lowest BCUT2D eigenvalue weighted by Crippen LogP contribution is -2.12. The van der Waals surface area contributed by atoms with Gasteiger partial charge in [-0.05, 0) is 19.1 Å². The van der Waals surface area contributed by atoms with Gasteiger partial charge in [0.15, 0.2) is 0 Å². The van der Waals surface area contributed by atoms with Crippen LogP contribution < -0.4 is 4.74 Å². The number of benzene rings is 1. The summed E-state index contributed by atoms with van der Waals surface area (Å²) in [5.41, 5.74) is 0.737. The van der Waals surface area contributed by atoms with Crippen molar-refractivity contribution in [2.75, 3.05) is 14.2 Å². The van der Waals surface area contributed by atoms with Crippen LogP contribution in [0.4, 0.5) is 0 Å². The summed E-state index contributed by atoms with van der Waals surface area (Å²) in [6.45, 7) is 1.69. The van der Waals surface area contributed by atoms with E-state index in [1.54, 1.807) is 31.2 Å². The van der Waals surface area contributed by atoms with E-state index in [4.69, 9.17) is 14.2 Å². The fourth-order valence-electron chi connectivity index (χ4n) is 1.98. The van der Waals surface area contributed by atoms with Crippen molar-refractivity contribution in [3.05, 3.63) is 47.2 Å². The summed E-state index contributed by atoms with van der Waals surface area (Å²) < 4.78 is 15.1. The summed E-state index contributed by atoms with van der Waals surface area (Å²) >= 11 is 0. The molecule has 2 rings (SSSR count). The molecule has 0 atom stereocenters. The summed E-state index contributed by atoms with van der Waals surface area (Å²) in [5.74, 6) is -0.269. The van der Waals surface area contributed by atoms with E-state index in [0.29, 0.717) is 17.1 Å². The highest BCUT2D eigenvalue weighted by molar-refractivity contribution is 6.24. The molecule has 0 fully saturated rings. The molecule has 5 nitrogen and oxygen atoms in total. The van der Waals surface area contributed by atoms with Gasteiger partial charge in [-0.15, -0.1) is 0 Å². The van der Waals surface area contributed by atoms with Gasteiger partial charge in [0.05, 0.1) is 25.4 Å². The maximum Gasteiger partial charge on any atom is 0.339 e. The zero-order valence-electron chi connectivity index (χ0n) is 11.4. The van der Waals surface area contributed by atoms with Crippen molar-refractivity contribution < 1.29 is 23.8 Å². The van der Waals surface area contributed by atoms with Crippen LogP contribution >= 0.6 is 0 Å². The number of carbonyl (C=O) groups excluding carboxylic acids is 2. The fraction of sp³-hybridized carbons (Fsp3) is 0.200. The van der Waals surface area contributed by atoms with Crippen LogP contribution in [0.1, 0.15) is 12.5 Å². The van der Waals surface area contributed by atoms with Crippen molar-refractivity contribution in [1.29, 1.82) is 0 Å². The fourth-order valence-corrected chi connectivity index (χ4v) is 1.98. The molecule has 0 unspecified atom stereocenters. The number of esters is 2. The van der Waals surface area contributed by atoms with Crippen molar-refractivity contribution >= 4 is 17.5 Å². The molecule has 5 heteroatoms. The van der Waals surface area contributed by atoms with E-state index in [1.807, 2.05) is 0 Å². The second-order valence-corrected chi connectivity index (χ2v) is 4.13. The molecule has 1 aliphatic rings. The molecule has 0 spiro atoms. The van der Waals surface area contributed by atoms with Crippen LogP contribution in [0.25, 0.3) is 5.57 Å². The number of hydrogen-bond acceptors (Lipinski definition) is 5. The standard InChI is InChI=1S/C15H14O5/c1-9-8-11(14(16)18-2)13(15(17)19-3)10-6-4-5-7-12(10)20-9/h4-8H,1-3H3. The first-order chi connectivity index (χ1) is 9.58. The van der Waals surface area contributed by atoms with E-state index >= 15 is 0 Å². The predicted octanol–water partition coefficient (Wildman–Crippen LogP) is 2.08. The van der Waals surface area contributed by atoms with E-state index in [-0.39, 0.29) is 11.1 Å². The summed E-state index contributed by atoms with van der Waals surface area (Å²) in [6.07, 6.45) is 1.47. The molecular formula is C15H14O5. The van der Waals surface area contributed by atoms with Gasteiger partial charge in [0.2, 0.25) is 0 Å². The molecule has 0 radical (unpaired) electrons. The van der Waals surface area contributed by atoms with Crippen LogP contribution in [0.2, 0.25) is 0 Å².